The fourth-order valence-electron chi connectivity index (χ4n) is 4.69. The van der Waals surface area contributed by atoms with Crippen molar-refractivity contribution in [2.24, 2.45) is 5.16 Å². The summed E-state index contributed by atoms with van der Waals surface area (Å²) in [5.74, 6) is -2.75. The van der Waals surface area contributed by atoms with E-state index in [1.165, 1.54) is 23.5 Å². The number of carbonyl (C=O) groups excluding carboxylic acids is 3. The van der Waals surface area contributed by atoms with E-state index in [4.69, 9.17) is 11.1 Å². The van der Waals surface area contributed by atoms with Crippen molar-refractivity contribution >= 4 is 64.0 Å². The number of carboxylic acids is 1. The Labute approximate surface area is 218 Å². The lowest BCUT2D eigenvalue weighted by Crippen LogP contribution is -2.71. The molecule has 3 saturated heterocycles. The summed E-state index contributed by atoms with van der Waals surface area (Å²) >= 11 is 2.31. The molecule has 14 nitrogen and oxygen atoms in total. The van der Waals surface area contributed by atoms with Crippen molar-refractivity contribution in [1.82, 2.24) is 25.0 Å². The molecule has 0 saturated carbocycles. The minimum absolute atomic E-state index is 0.0208. The van der Waals surface area contributed by atoms with E-state index in [0.29, 0.717) is 37.2 Å². The minimum atomic E-state index is -1.31. The Hall–Kier alpha value is -3.92. The Bertz CT molecular complexity index is 1300. The number of β-lactam (4-membered cyclic amide) rings is 1. The summed E-state index contributed by atoms with van der Waals surface area (Å²) in [6.07, 6.45) is 3.26. The number of aromatic nitrogens is 1. The molecule has 0 radical (unpaired) electrons. The van der Waals surface area contributed by atoms with Crippen LogP contribution in [0, 0.1) is 5.41 Å². The molecular formula is C21H22N8O6S2. The molecule has 2 atom stereocenters. The summed E-state index contributed by atoms with van der Waals surface area (Å²) in [5.41, 5.74) is 5.80. The molecule has 194 valence electrons. The molecule has 4 aliphatic rings. The van der Waals surface area contributed by atoms with E-state index in [9.17, 15) is 29.5 Å². The van der Waals surface area contributed by atoms with E-state index < -0.39 is 34.9 Å². The number of nitrogen functional groups attached to an aromatic ring is 1. The molecular weight excluding hydrogens is 524 g/mol. The van der Waals surface area contributed by atoms with Gasteiger partial charge < -0.3 is 31.2 Å². The van der Waals surface area contributed by atoms with Crippen LogP contribution in [0.4, 0.5) is 5.13 Å². The highest BCUT2D eigenvalue weighted by Crippen LogP contribution is 2.41. The number of hydrogen-bond acceptors (Lipinski definition) is 11. The number of oxime groups is 1. The first-order valence-electron chi connectivity index (χ1n) is 11.1. The van der Waals surface area contributed by atoms with Crippen molar-refractivity contribution in [2.75, 3.05) is 31.1 Å². The third-order valence-corrected chi connectivity index (χ3v) is 8.56. The highest BCUT2D eigenvalue weighted by atomic mass is 32.2. The molecule has 0 spiro atoms. The zero-order chi connectivity index (χ0) is 26.4. The van der Waals surface area contributed by atoms with Gasteiger partial charge >= 0.3 is 5.97 Å². The van der Waals surface area contributed by atoms with Crippen molar-refractivity contribution in [3.63, 3.8) is 0 Å². The van der Waals surface area contributed by atoms with Crippen LogP contribution in [0.15, 0.2) is 33.5 Å². The van der Waals surface area contributed by atoms with Gasteiger partial charge in [-0.1, -0.05) is 5.16 Å². The zero-order valence-corrected chi connectivity index (χ0v) is 20.8. The standard InChI is InChI=1S/C21H22N8O6S2/c22-8-27-4-11(5-27)28-2-1-9(17(28)31)3-10-6-36-19-14(18(32)29(19)15(10)20(33)34)25-16(30)13(26-35)12-7-37-21(23)24-12/h3,7-8,11,14,19,22,35H,1-2,4-6H2,(H2,23,24)(H,25,30)(H,33,34)/b9-3+,22-8?,26-13-/t14-,19-/m1/s1. The number of rotatable bonds is 7. The van der Waals surface area contributed by atoms with Gasteiger partial charge in [-0.25, -0.2) is 9.78 Å². The number of amides is 3. The molecule has 5 heterocycles. The number of fused-ring (bicyclic) bond motifs is 1. The van der Waals surface area contributed by atoms with Gasteiger partial charge in [0.15, 0.2) is 10.8 Å². The number of nitrogens with one attached hydrogen (secondary N) is 2. The van der Waals surface area contributed by atoms with Gasteiger partial charge in [0.05, 0.1) is 12.4 Å². The highest BCUT2D eigenvalue weighted by molar-refractivity contribution is 8.00. The largest absolute Gasteiger partial charge is 0.477 e. The summed E-state index contributed by atoms with van der Waals surface area (Å²) in [5, 5.41) is 32.8. The van der Waals surface area contributed by atoms with Gasteiger partial charge in [-0.2, -0.15) is 0 Å². The van der Waals surface area contributed by atoms with Crippen LogP contribution in [0.2, 0.25) is 0 Å². The molecule has 6 N–H and O–H groups in total. The number of thioether (sulfide) groups is 1. The van der Waals surface area contributed by atoms with Gasteiger partial charge in [-0.3, -0.25) is 24.7 Å². The summed E-state index contributed by atoms with van der Waals surface area (Å²) < 4.78 is 0. The molecule has 0 unspecified atom stereocenters. The van der Waals surface area contributed by atoms with Crippen molar-refractivity contribution < 1.29 is 29.5 Å². The molecule has 37 heavy (non-hydrogen) atoms. The first kappa shape index (κ1) is 24.8. The maximum atomic E-state index is 12.9. The van der Waals surface area contributed by atoms with Gasteiger partial charge in [0.2, 0.25) is 5.91 Å². The summed E-state index contributed by atoms with van der Waals surface area (Å²) in [6, 6.07) is -1.01. The second kappa shape index (κ2) is 9.51. The quantitative estimate of drug-likeness (QED) is 0.0711. The average Bonchev–Trinajstić information content (AvgIpc) is 3.42. The molecule has 0 bridgehead atoms. The van der Waals surface area contributed by atoms with Gasteiger partial charge in [-0.05, 0) is 18.1 Å². The summed E-state index contributed by atoms with van der Waals surface area (Å²) in [6.45, 7) is 1.71. The molecule has 0 aromatic carbocycles. The molecule has 4 aliphatic heterocycles. The van der Waals surface area contributed by atoms with Crippen molar-refractivity contribution in [3.05, 3.63) is 34.0 Å². The number of hydrogen-bond donors (Lipinski definition) is 5. The van der Waals surface area contributed by atoms with E-state index in [1.54, 1.807) is 15.9 Å². The van der Waals surface area contributed by atoms with Crippen molar-refractivity contribution in [1.29, 1.82) is 5.41 Å². The minimum Gasteiger partial charge on any atom is -0.477 e. The predicted molar refractivity (Wildman–Crippen MR) is 133 cm³/mol. The first-order valence-corrected chi connectivity index (χ1v) is 13.1. The van der Waals surface area contributed by atoms with Crippen LogP contribution >= 0.6 is 23.1 Å². The third-order valence-electron chi connectivity index (χ3n) is 6.59. The highest BCUT2D eigenvalue weighted by Gasteiger charge is 2.54. The lowest BCUT2D eigenvalue weighted by atomic mass is 10.0. The fourth-order valence-corrected chi connectivity index (χ4v) is 6.54. The van der Waals surface area contributed by atoms with E-state index in [2.05, 4.69) is 15.5 Å². The Morgan fingerprint density at radius 1 is 1.32 bits per heavy atom. The van der Waals surface area contributed by atoms with Gasteiger partial charge in [0.25, 0.3) is 11.8 Å². The molecule has 5 rings (SSSR count). The average molecular weight is 547 g/mol. The molecule has 0 aliphatic carbocycles. The van der Waals surface area contributed by atoms with Crippen LogP contribution in [0.1, 0.15) is 12.1 Å². The maximum absolute atomic E-state index is 12.9. The molecule has 1 aromatic heterocycles. The Balaban J connectivity index is 1.31. The van der Waals surface area contributed by atoms with Crippen LogP contribution in [0.5, 0.6) is 0 Å². The molecule has 16 heteroatoms. The van der Waals surface area contributed by atoms with E-state index in [0.717, 1.165) is 16.2 Å². The zero-order valence-electron chi connectivity index (χ0n) is 19.2. The molecule has 1 aromatic rings. The number of nitrogens with zero attached hydrogens (tertiary/aromatic N) is 5. The Morgan fingerprint density at radius 3 is 2.70 bits per heavy atom. The lowest BCUT2D eigenvalue weighted by molar-refractivity contribution is -0.150. The van der Waals surface area contributed by atoms with E-state index in [-0.39, 0.29) is 34.2 Å². The lowest BCUT2D eigenvalue weighted by Gasteiger charge is -2.49. The number of thiazole rings is 1. The van der Waals surface area contributed by atoms with E-state index >= 15 is 0 Å². The number of allylic oxidation sites excluding steroid dienone is 1. The second-order valence-electron chi connectivity index (χ2n) is 8.71. The number of anilines is 1. The number of carbonyl (C=O) groups is 4. The van der Waals surface area contributed by atoms with Crippen molar-refractivity contribution in [3.8, 4) is 0 Å². The van der Waals surface area contributed by atoms with Crippen LogP contribution in [-0.2, 0) is 19.2 Å². The van der Waals surface area contributed by atoms with Gasteiger partial charge in [-0.15, -0.1) is 23.1 Å². The number of nitrogens with two attached hydrogens (primary N) is 1. The molecule has 3 amide bonds. The van der Waals surface area contributed by atoms with Crippen LogP contribution in [-0.4, -0.2) is 109 Å². The number of likely N-dealkylation sites (tertiary alicyclic amines) is 2. The smallest absolute Gasteiger partial charge is 0.352 e. The SMILES string of the molecule is N=CN1CC(N2CC/C(=C\C3=C(C(=O)O)N4C(=O)[C@@H](NC(=O)/C(=N\O)c5csc(N)n5)[C@H]4SC3)C2=O)C1. The first-order chi connectivity index (χ1) is 17.7. The predicted octanol–water partition coefficient (Wildman–Crippen LogP) is -0.908. The molecule has 3 fully saturated rings. The van der Waals surface area contributed by atoms with Crippen molar-refractivity contribution in [2.45, 2.75) is 23.9 Å². The number of aliphatic carboxylic acids is 1. The van der Waals surface area contributed by atoms with Gasteiger partial charge in [0.1, 0.15) is 22.8 Å². The Morgan fingerprint density at radius 2 is 2.08 bits per heavy atom. The summed E-state index contributed by atoms with van der Waals surface area (Å²) in [7, 11) is 0. The van der Waals surface area contributed by atoms with Gasteiger partial charge in [0, 0.05) is 36.3 Å². The normalized spacial score (nSPS) is 25.2. The monoisotopic (exact) mass is 546 g/mol. The summed E-state index contributed by atoms with van der Waals surface area (Å²) in [4.78, 5) is 59.2. The Kier molecular flexibility index (Phi) is 6.36. The third kappa shape index (κ3) is 4.21. The van der Waals surface area contributed by atoms with Crippen LogP contribution in [0.25, 0.3) is 0 Å². The van der Waals surface area contributed by atoms with Crippen LogP contribution < -0.4 is 11.1 Å². The number of carboxylic acid groups (broad SMARTS) is 1. The topological polar surface area (TPSA) is 206 Å². The van der Waals surface area contributed by atoms with Crippen LogP contribution in [0.3, 0.4) is 0 Å². The fraction of sp³-hybridized carbons (Fsp3) is 0.381. The van der Waals surface area contributed by atoms with E-state index in [1.807, 2.05) is 0 Å². The second-order valence-corrected chi connectivity index (χ2v) is 10.7. The maximum Gasteiger partial charge on any atom is 0.352 e.